The second-order valence-electron chi connectivity index (χ2n) is 6.97. The van der Waals surface area contributed by atoms with Crippen LogP contribution in [0.1, 0.15) is 36.9 Å². The lowest BCUT2D eigenvalue weighted by Crippen LogP contribution is -2.46. The molecule has 2 fully saturated rings. The van der Waals surface area contributed by atoms with Crippen LogP contribution in [0.5, 0.6) is 0 Å². The Morgan fingerprint density at radius 1 is 1.26 bits per heavy atom. The number of hydrogen-bond donors (Lipinski definition) is 1. The number of piperidine rings is 1. The molecule has 1 N–H and O–H groups in total. The van der Waals surface area contributed by atoms with Crippen LogP contribution in [0, 0.1) is 6.92 Å². The van der Waals surface area contributed by atoms with Crippen LogP contribution < -0.4 is 0 Å². The van der Waals surface area contributed by atoms with Crippen molar-refractivity contribution < 1.29 is 9.53 Å². The van der Waals surface area contributed by atoms with Crippen molar-refractivity contribution in [3.05, 3.63) is 35.5 Å². The third-order valence-electron chi connectivity index (χ3n) is 5.57. The van der Waals surface area contributed by atoms with E-state index in [9.17, 15) is 4.79 Å². The van der Waals surface area contributed by atoms with Crippen molar-refractivity contribution in [2.24, 2.45) is 0 Å². The normalized spacial score (nSPS) is 20.5. The van der Waals surface area contributed by atoms with Gasteiger partial charge < -0.3 is 14.6 Å². The predicted octanol–water partition coefficient (Wildman–Crippen LogP) is 3.19. The fourth-order valence-corrected chi connectivity index (χ4v) is 4.14. The SMILES string of the molecule is Cc1[nH]c2ccccc2c1CC(=O)N1CCC2(CCCO2)CC1. The summed E-state index contributed by atoms with van der Waals surface area (Å²) in [6.07, 6.45) is 4.81. The third-order valence-corrected chi connectivity index (χ3v) is 5.57. The number of ether oxygens (including phenoxy) is 1. The lowest BCUT2D eigenvalue weighted by atomic mass is 9.88. The summed E-state index contributed by atoms with van der Waals surface area (Å²) >= 11 is 0. The summed E-state index contributed by atoms with van der Waals surface area (Å²) < 4.78 is 5.95. The van der Waals surface area contributed by atoms with E-state index in [2.05, 4.69) is 24.0 Å². The smallest absolute Gasteiger partial charge is 0.227 e. The van der Waals surface area contributed by atoms with Gasteiger partial charge in [0.15, 0.2) is 0 Å². The van der Waals surface area contributed by atoms with E-state index in [1.807, 2.05) is 17.0 Å². The highest BCUT2D eigenvalue weighted by molar-refractivity contribution is 5.90. The standard InChI is InChI=1S/C19H24N2O2/c1-14-16(15-5-2-3-6-17(15)20-14)13-18(22)21-10-8-19(9-11-21)7-4-12-23-19/h2-3,5-6,20H,4,7-13H2,1H3. The van der Waals surface area contributed by atoms with Crippen molar-refractivity contribution in [1.82, 2.24) is 9.88 Å². The van der Waals surface area contributed by atoms with E-state index >= 15 is 0 Å². The number of H-pyrrole nitrogens is 1. The average molecular weight is 312 g/mol. The summed E-state index contributed by atoms with van der Waals surface area (Å²) in [5.41, 5.74) is 3.44. The zero-order chi connectivity index (χ0) is 15.9. The topological polar surface area (TPSA) is 45.3 Å². The molecule has 0 aliphatic carbocycles. The molecule has 2 saturated heterocycles. The summed E-state index contributed by atoms with van der Waals surface area (Å²) in [7, 11) is 0. The van der Waals surface area contributed by atoms with E-state index in [0.717, 1.165) is 55.7 Å². The molecule has 0 unspecified atom stereocenters. The number of likely N-dealkylation sites (tertiary alicyclic amines) is 1. The Hall–Kier alpha value is -1.81. The van der Waals surface area contributed by atoms with Crippen molar-refractivity contribution in [1.29, 1.82) is 0 Å². The molecule has 1 aromatic heterocycles. The Labute approximate surface area is 136 Å². The molecule has 122 valence electrons. The Morgan fingerprint density at radius 3 is 2.78 bits per heavy atom. The molecule has 4 rings (SSSR count). The monoisotopic (exact) mass is 312 g/mol. The van der Waals surface area contributed by atoms with Crippen LogP contribution in [0.2, 0.25) is 0 Å². The summed E-state index contributed by atoms with van der Waals surface area (Å²) in [6, 6.07) is 8.22. The summed E-state index contributed by atoms with van der Waals surface area (Å²) in [6.45, 7) is 4.61. The number of amides is 1. The van der Waals surface area contributed by atoms with Crippen molar-refractivity contribution in [3.8, 4) is 0 Å². The van der Waals surface area contributed by atoms with Crippen LogP contribution in [-0.4, -0.2) is 41.1 Å². The Balaban J connectivity index is 1.46. The minimum Gasteiger partial charge on any atom is -0.375 e. The summed E-state index contributed by atoms with van der Waals surface area (Å²) in [4.78, 5) is 18.1. The summed E-state index contributed by atoms with van der Waals surface area (Å²) in [5, 5.41) is 1.17. The molecule has 0 radical (unpaired) electrons. The fourth-order valence-electron chi connectivity index (χ4n) is 4.14. The number of fused-ring (bicyclic) bond motifs is 1. The number of aromatic nitrogens is 1. The van der Waals surface area contributed by atoms with Crippen LogP contribution >= 0.6 is 0 Å². The van der Waals surface area contributed by atoms with E-state index in [1.165, 1.54) is 11.8 Å². The number of aromatic amines is 1. The number of carbonyl (C=O) groups excluding carboxylic acids is 1. The van der Waals surface area contributed by atoms with Crippen molar-refractivity contribution in [3.63, 3.8) is 0 Å². The van der Waals surface area contributed by atoms with Gasteiger partial charge in [-0.05, 0) is 44.2 Å². The third kappa shape index (κ3) is 2.65. The maximum Gasteiger partial charge on any atom is 0.227 e. The number of aryl methyl sites for hydroxylation is 1. The molecule has 0 saturated carbocycles. The van der Waals surface area contributed by atoms with Gasteiger partial charge in [0.05, 0.1) is 12.0 Å². The lowest BCUT2D eigenvalue weighted by Gasteiger charge is -2.38. The van der Waals surface area contributed by atoms with Gasteiger partial charge in [0.25, 0.3) is 0 Å². The molecule has 2 aliphatic rings. The van der Waals surface area contributed by atoms with Crippen molar-refractivity contribution in [2.45, 2.75) is 44.6 Å². The molecule has 0 atom stereocenters. The minimum absolute atomic E-state index is 0.0769. The highest BCUT2D eigenvalue weighted by Gasteiger charge is 2.39. The van der Waals surface area contributed by atoms with Crippen LogP contribution in [0.15, 0.2) is 24.3 Å². The van der Waals surface area contributed by atoms with E-state index in [1.54, 1.807) is 0 Å². The van der Waals surface area contributed by atoms with Gasteiger partial charge in [0.1, 0.15) is 0 Å². The second kappa shape index (κ2) is 5.68. The van der Waals surface area contributed by atoms with Crippen molar-refractivity contribution in [2.75, 3.05) is 19.7 Å². The lowest BCUT2D eigenvalue weighted by molar-refractivity contribution is -0.135. The molecule has 2 aromatic rings. The average Bonchev–Trinajstić information content (AvgIpc) is 3.14. The number of nitrogens with zero attached hydrogens (tertiary/aromatic N) is 1. The van der Waals surface area contributed by atoms with E-state index in [4.69, 9.17) is 4.74 Å². The molecule has 3 heterocycles. The van der Waals surface area contributed by atoms with Crippen LogP contribution in [0.3, 0.4) is 0 Å². The molecule has 1 amide bonds. The van der Waals surface area contributed by atoms with Crippen LogP contribution in [-0.2, 0) is 16.0 Å². The first-order valence-electron chi connectivity index (χ1n) is 8.65. The molecular weight excluding hydrogens is 288 g/mol. The zero-order valence-corrected chi connectivity index (χ0v) is 13.7. The number of rotatable bonds is 2. The van der Waals surface area contributed by atoms with Gasteiger partial charge in [-0.1, -0.05) is 18.2 Å². The minimum atomic E-state index is 0.0769. The van der Waals surface area contributed by atoms with Gasteiger partial charge in [0, 0.05) is 36.3 Å². The van der Waals surface area contributed by atoms with Gasteiger partial charge in [-0.15, -0.1) is 0 Å². The highest BCUT2D eigenvalue weighted by atomic mass is 16.5. The first-order chi connectivity index (χ1) is 11.2. The number of nitrogens with one attached hydrogen (secondary N) is 1. The Morgan fingerprint density at radius 2 is 2.04 bits per heavy atom. The number of benzene rings is 1. The maximum absolute atomic E-state index is 12.7. The molecule has 2 aliphatic heterocycles. The first kappa shape index (κ1) is 14.8. The van der Waals surface area contributed by atoms with Crippen molar-refractivity contribution >= 4 is 16.8 Å². The molecule has 1 spiro atoms. The fraction of sp³-hybridized carbons (Fsp3) is 0.526. The van der Waals surface area contributed by atoms with Crippen LogP contribution in [0.25, 0.3) is 10.9 Å². The van der Waals surface area contributed by atoms with E-state index in [0.29, 0.717) is 6.42 Å². The molecule has 4 heteroatoms. The predicted molar refractivity (Wildman–Crippen MR) is 90.5 cm³/mol. The second-order valence-corrected chi connectivity index (χ2v) is 6.97. The number of hydrogen-bond acceptors (Lipinski definition) is 2. The van der Waals surface area contributed by atoms with Gasteiger partial charge in [-0.3, -0.25) is 4.79 Å². The molecule has 0 bridgehead atoms. The number of carbonyl (C=O) groups is 1. The molecule has 1 aromatic carbocycles. The van der Waals surface area contributed by atoms with E-state index < -0.39 is 0 Å². The molecular formula is C19H24N2O2. The van der Waals surface area contributed by atoms with Gasteiger partial charge in [-0.2, -0.15) is 0 Å². The highest BCUT2D eigenvalue weighted by Crippen LogP contribution is 2.35. The Kier molecular flexibility index (Phi) is 3.64. The van der Waals surface area contributed by atoms with Gasteiger partial charge in [0.2, 0.25) is 5.91 Å². The molecule has 4 nitrogen and oxygen atoms in total. The quantitative estimate of drug-likeness (QED) is 0.925. The summed E-state index contributed by atoms with van der Waals surface area (Å²) in [5.74, 6) is 0.241. The maximum atomic E-state index is 12.7. The van der Waals surface area contributed by atoms with Crippen LogP contribution in [0.4, 0.5) is 0 Å². The van der Waals surface area contributed by atoms with Gasteiger partial charge in [-0.25, -0.2) is 0 Å². The first-order valence-corrected chi connectivity index (χ1v) is 8.65. The largest absolute Gasteiger partial charge is 0.375 e. The van der Waals surface area contributed by atoms with E-state index in [-0.39, 0.29) is 11.5 Å². The zero-order valence-electron chi connectivity index (χ0n) is 13.7. The Bertz CT molecular complexity index is 718. The van der Waals surface area contributed by atoms with Gasteiger partial charge >= 0.3 is 0 Å². The number of para-hydroxylation sites is 1. The molecule has 23 heavy (non-hydrogen) atoms.